The third-order valence-electron chi connectivity index (χ3n) is 5.77. The van der Waals surface area contributed by atoms with E-state index in [1.54, 1.807) is 45.0 Å². The Labute approximate surface area is 236 Å². The van der Waals surface area contributed by atoms with Gasteiger partial charge in [-0.3, -0.25) is 19.2 Å². The molecule has 0 aromatic heterocycles. The van der Waals surface area contributed by atoms with Gasteiger partial charge in [-0.15, -0.1) is 6.42 Å². The van der Waals surface area contributed by atoms with Gasteiger partial charge in [0, 0.05) is 12.1 Å². The lowest BCUT2D eigenvalue weighted by molar-refractivity contribution is -0.145. The van der Waals surface area contributed by atoms with E-state index in [4.69, 9.17) is 16.9 Å². The van der Waals surface area contributed by atoms with E-state index < -0.39 is 60.4 Å². The summed E-state index contributed by atoms with van der Waals surface area (Å²) in [6.45, 7) is 6.74. The average Bonchev–Trinajstić information content (AvgIpc) is 2.88. The van der Waals surface area contributed by atoms with Gasteiger partial charge in [0.15, 0.2) is 0 Å². The molecule has 0 saturated carbocycles. The number of nitrogens with one attached hydrogen (secondary N) is 2. The molecule has 40 heavy (non-hydrogen) atoms. The number of alkyl carbamates (subject to hydrolysis) is 1. The van der Waals surface area contributed by atoms with E-state index in [9.17, 15) is 24.0 Å². The molecule has 4 amide bonds. The van der Waals surface area contributed by atoms with Crippen molar-refractivity contribution in [2.24, 2.45) is 5.73 Å². The standard InChI is InChI=1S/C29H42N4O7/c1-7-9-10-11-12-17-33(27(37)22(18-23(30)34)32-28(38)40-29(3,4)5)25(26(36)31-19-24(35)39-6)21-15-13-20(8-2)14-16-21/h2,13-16,22,25H,7,9-12,17-19H2,1,3-6H3,(H2,30,34)(H,31,36)(H,32,38). The van der Waals surface area contributed by atoms with Crippen molar-refractivity contribution >= 4 is 29.8 Å². The van der Waals surface area contributed by atoms with E-state index in [-0.39, 0.29) is 6.54 Å². The second kappa shape index (κ2) is 16.8. The van der Waals surface area contributed by atoms with Crippen molar-refractivity contribution < 1.29 is 33.4 Å². The number of nitrogens with zero attached hydrogens (tertiary/aromatic N) is 1. The van der Waals surface area contributed by atoms with Crippen molar-refractivity contribution in [2.45, 2.75) is 83.9 Å². The number of amides is 4. The topological polar surface area (TPSA) is 157 Å². The monoisotopic (exact) mass is 558 g/mol. The summed E-state index contributed by atoms with van der Waals surface area (Å²) in [6.07, 6.45) is 8.33. The summed E-state index contributed by atoms with van der Waals surface area (Å²) in [7, 11) is 1.19. The Hall–Kier alpha value is -4.07. The van der Waals surface area contributed by atoms with E-state index in [1.165, 1.54) is 12.0 Å². The minimum Gasteiger partial charge on any atom is -0.468 e. The SMILES string of the molecule is C#Cc1ccc(C(C(=O)NCC(=O)OC)N(CCCCCCC)C(=O)C(CC(N)=O)NC(=O)OC(C)(C)C)cc1. The zero-order chi connectivity index (χ0) is 30.3. The normalized spacial score (nSPS) is 12.3. The number of esters is 1. The van der Waals surface area contributed by atoms with Crippen molar-refractivity contribution in [3.63, 3.8) is 0 Å². The van der Waals surface area contributed by atoms with Crippen LogP contribution in [0.5, 0.6) is 0 Å². The maximum Gasteiger partial charge on any atom is 0.408 e. The molecule has 1 aromatic rings. The third kappa shape index (κ3) is 12.2. The summed E-state index contributed by atoms with van der Waals surface area (Å²) < 4.78 is 9.90. The highest BCUT2D eigenvalue weighted by Gasteiger charge is 2.37. The highest BCUT2D eigenvalue weighted by atomic mass is 16.6. The Kier molecular flexibility index (Phi) is 14.3. The van der Waals surface area contributed by atoms with Crippen molar-refractivity contribution in [1.82, 2.24) is 15.5 Å². The van der Waals surface area contributed by atoms with Crippen molar-refractivity contribution in [3.05, 3.63) is 35.4 Å². The molecular weight excluding hydrogens is 516 g/mol. The smallest absolute Gasteiger partial charge is 0.408 e. The van der Waals surface area contributed by atoms with E-state index in [2.05, 4.69) is 28.2 Å². The lowest BCUT2D eigenvalue weighted by Gasteiger charge is -2.34. The van der Waals surface area contributed by atoms with Crippen LogP contribution >= 0.6 is 0 Å². The number of hydrogen-bond donors (Lipinski definition) is 3. The lowest BCUT2D eigenvalue weighted by atomic mass is 10.00. The summed E-state index contributed by atoms with van der Waals surface area (Å²) >= 11 is 0. The molecular formula is C29H42N4O7. The Morgan fingerprint density at radius 1 is 1.05 bits per heavy atom. The van der Waals surface area contributed by atoms with Crippen molar-refractivity contribution in [3.8, 4) is 12.3 Å². The van der Waals surface area contributed by atoms with E-state index >= 15 is 0 Å². The van der Waals surface area contributed by atoms with Crippen LogP contribution in [0.15, 0.2) is 24.3 Å². The van der Waals surface area contributed by atoms with Gasteiger partial charge in [-0.25, -0.2) is 4.79 Å². The van der Waals surface area contributed by atoms with E-state index in [0.717, 1.165) is 25.7 Å². The summed E-state index contributed by atoms with van der Waals surface area (Å²) in [6, 6.07) is 3.85. The van der Waals surface area contributed by atoms with Gasteiger partial charge in [0.2, 0.25) is 17.7 Å². The van der Waals surface area contributed by atoms with Crippen LogP contribution in [0.2, 0.25) is 0 Å². The first kappa shape index (κ1) is 34.0. The molecule has 0 saturated heterocycles. The molecule has 0 heterocycles. The number of carbonyl (C=O) groups is 5. The van der Waals surface area contributed by atoms with Crippen molar-refractivity contribution in [2.75, 3.05) is 20.2 Å². The van der Waals surface area contributed by atoms with Crippen LogP contribution in [-0.2, 0) is 28.7 Å². The molecule has 0 spiro atoms. The first-order valence-corrected chi connectivity index (χ1v) is 13.3. The Morgan fingerprint density at radius 3 is 2.20 bits per heavy atom. The first-order chi connectivity index (χ1) is 18.8. The van der Waals surface area contributed by atoms with Gasteiger partial charge >= 0.3 is 12.1 Å². The molecule has 0 aliphatic carbocycles. The summed E-state index contributed by atoms with van der Waals surface area (Å²) in [5.74, 6) is -0.371. The largest absolute Gasteiger partial charge is 0.468 e. The van der Waals surface area contributed by atoms with Crippen molar-refractivity contribution in [1.29, 1.82) is 0 Å². The second-order valence-electron chi connectivity index (χ2n) is 10.3. The number of carbonyl (C=O) groups excluding carboxylic acids is 5. The second-order valence-corrected chi connectivity index (χ2v) is 10.3. The quantitative estimate of drug-likeness (QED) is 0.170. The third-order valence-corrected chi connectivity index (χ3v) is 5.77. The number of nitrogens with two attached hydrogens (primary N) is 1. The number of methoxy groups -OCH3 is 1. The number of ether oxygens (including phenoxy) is 2. The van der Waals surface area contributed by atoms with Gasteiger partial charge in [-0.1, -0.05) is 50.7 Å². The summed E-state index contributed by atoms with van der Waals surface area (Å²) in [5, 5.41) is 4.94. The zero-order valence-electron chi connectivity index (χ0n) is 24.1. The van der Waals surface area contributed by atoms with Gasteiger partial charge in [-0.2, -0.15) is 0 Å². The molecule has 0 aliphatic rings. The molecule has 0 fully saturated rings. The number of primary amides is 1. The van der Waals surface area contributed by atoms with Gasteiger partial charge in [-0.05, 0) is 44.9 Å². The van der Waals surface area contributed by atoms with Crippen LogP contribution in [0.25, 0.3) is 0 Å². The van der Waals surface area contributed by atoms with E-state index in [0.29, 0.717) is 17.5 Å². The molecule has 0 aliphatic heterocycles. The maximum absolute atomic E-state index is 14.0. The van der Waals surface area contributed by atoms with Gasteiger partial charge in [0.1, 0.15) is 24.2 Å². The fourth-order valence-corrected chi connectivity index (χ4v) is 3.87. The number of hydrogen-bond acceptors (Lipinski definition) is 7. The Bertz CT molecular complexity index is 1060. The fraction of sp³-hybridized carbons (Fsp3) is 0.552. The first-order valence-electron chi connectivity index (χ1n) is 13.3. The molecule has 0 bridgehead atoms. The van der Waals surface area contributed by atoms with Crippen LogP contribution in [0.1, 0.15) is 83.4 Å². The van der Waals surface area contributed by atoms with Gasteiger partial charge < -0.3 is 30.7 Å². The molecule has 2 atom stereocenters. The van der Waals surface area contributed by atoms with Gasteiger partial charge in [0.25, 0.3) is 0 Å². The fourth-order valence-electron chi connectivity index (χ4n) is 3.87. The molecule has 2 unspecified atom stereocenters. The molecule has 11 heteroatoms. The van der Waals surface area contributed by atoms with Gasteiger partial charge in [0.05, 0.1) is 13.5 Å². The highest BCUT2D eigenvalue weighted by molar-refractivity contribution is 5.95. The number of terminal acetylenes is 1. The highest BCUT2D eigenvalue weighted by Crippen LogP contribution is 2.25. The summed E-state index contributed by atoms with van der Waals surface area (Å²) in [5.41, 5.74) is 5.53. The predicted molar refractivity (Wildman–Crippen MR) is 150 cm³/mol. The minimum atomic E-state index is -1.40. The molecule has 220 valence electrons. The molecule has 1 aromatic carbocycles. The zero-order valence-corrected chi connectivity index (χ0v) is 24.1. The molecule has 4 N–H and O–H groups in total. The summed E-state index contributed by atoms with van der Waals surface area (Å²) in [4.78, 5) is 65.0. The average molecular weight is 559 g/mol. The number of rotatable bonds is 15. The number of benzene rings is 1. The predicted octanol–water partition coefficient (Wildman–Crippen LogP) is 2.57. The van der Waals surface area contributed by atoms with Crippen LogP contribution < -0.4 is 16.4 Å². The lowest BCUT2D eigenvalue weighted by Crippen LogP contribution is -2.54. The minimum absolute atomic E-state index is 0.126. The van der Waals surface area contributed by atoms with Crippen LogP contribution in [0, 0.1) is 12.3 Å². The van der Waals surface area contributed by atoms with Crippen LogP contribution in [0.3, 0.4) is 0 Å². The van der Waals surface area contributed by atoms with E-state index in [1.807, 2.05) is 0 Å². The number of unbranched alkanes of at least 4 members (excludes halogenated alkanes) is 4. The Balaban J connectivity index is 3.51. The molecule has 11 nitrogen and oxygen atoms in total. The van der Waals surface area contributed by atoms with Crippen LogP contribution in [-0.4, -0.2) is 66.5 Å². The maximum atomic E-state index is 14.0. The molecule has 1 rings (SSSR count). The van der Waals surface area contributed by atoms with Crippen LogP contribution in [0.4, 0.5) is 4.79 Å². The molecule has 0 radical (unpaired) electrons. The Morgan fingerprint density at radius 2 is 1.68 bits per heavy atom.